The Hall–Kier alpha value is 0.197. The molecule has 0 aromatic carbocycles. The van der Waals surface area contributed by atoms with E-state index in [4.69, 9.17) is 4.74 Å². The van der Waals surface area contributed by atoms with Crippen LogP contribution in [0.3, 0.4) is 0 Å². The van der Waals surface area contributed by atoms with Crippen molar-refractivity contribution in [1.29, 1.82) is 0 Å². The van der Waals surface area contributed by atoms with Gasteiger partial charge in [0, 0.05) is 10.2 Å². The highest BCUT2D eigenvalue weighted by molar-refractivity contribution is 8.13. The van der Waals surface area contributed by atoms with Crippen LogP contribution in [0.15, 0.2) is 0 Å². The van der Waals surface area contributed by atoms with Crippen LogP contribution in [0.4, 0.5) is 0 Å². The minimum Gasteiger partial charge on any atom is -0.370 e. The summed E-state index contributed by atoms with van der Waals surface area (Å²) < 4.78 is 5.14. The summed E-state index contributed by atoms with van der Waals surface area (Å²) in [5.41, 5.74) is 0. The zero-order chi connectivity index (χ0) is 8.69. The highest BCUT2D eigenvalue weighted by Crippen LogP contribution is 2.04. The molecule has 11 heavy (non-hydrogen) atoms. The summed E-state index contributed by atoms with van der Waals surface area (Å²) in [7, 11) is 1.18. The predicted molar refractivity (Wildman–Crippen MR) is 53.3 cm³/mol. The molecule has 0 aliphatic heterocycles. The fourth-order valence-electron chi connectivity index (χ4n) is 0.492. The largest absolute Gasteiger partial charge is 0.370 e. The van der Waals surface area contributed by atoms with Crippen LogP contribution >= 0.6 is 11.8 Å². The molecule has 0 amide bonds. The van der Waals surface area contributed by atoms with Crippen LogP contribution in [0, 0.1) is 0 Å². The topological polar surface area (TPSA) is 26.3 Å². The molecule has 0 aromatic rings. The van der Waals surface area contributed by atoms with Crippen molar-refractivity contribution in [3.8, 4) is 0 Å². The van der Waals surface area contributed by atoms with Crippen LogP contribution in [0.5, 0.6) is 0 Å². The van der Waals surface area contributed by atoms with E-state index in [0.717, 1.165) is 5.75 Å². The zero-order valence-electron chi connectivity index (χ0n) is 7.42. The maximum atomic E-state index is 11.0. The fraction of sp³-hybridized carbons (Fsp3) is 0.857. The molecule has 0 spiro atoms. The third-order valence-corrected chi connectivity index (χ3v) is 3.28. The molecule has 0 aliphatic carbocycles. The van der Waals surface area contributed by atoms with Gasteiger partial charge in [-0.05, 0) is 19.6 Å². The summed E-state index contributed by atoms with van der Waals surface area (Å²) in [6.45, 7) is 4.14. The fourth-order valence-corrected chi connectivity index (χ4v) is 1.69. The molecule has 0 fully saturated rings. The van der Waals surface area contributed by atoms with Crippen LogP contribution < -0.4 is 0 Å². The molecule has 0 N–H and O–H groups in total. The Bertz CT molecular complexity index is 117. The summed E-state index contributed by atoms with van der Waals surface area (Å²) >= 11 is 1.39. The molecule has 4 heteroatoms. The Morgan fingerprint density at radius 3 is 2.73 bits per heavy atom. The Kier molecular flexibility index (Phi) is 7.00. The lowest BCUT2D eigenvalue weighted by Crippen LogP contribution is -2.10. The maximum Gasteiger partial charge on any atom is 0.214 e. The van der Waals surface area contributed by atoms with Crippen molar-refractivity contribution in [2.75, 3.05) is 12.4 Å². The maximum absolute atomic E-state index is 11.0. The molecule has 0 saturated carbocycles. The number of rotatable bonds is 5. The van der Waals surface area contributed by atoms with Crippen LogP contribution in [0.1, 0.15) is 13.8 Å². The lowest BCUT2D eigenvalue weighted by atomic mass is 10.5. The Morgan fingerprint density at radius 1 is 1.64 bits per heavy atom. The van der Waals surface area contributed by atoms with Gasteiger partial charge in [0.1, 0.15) is 6.61 Å². The lowest BCUT2D eigenvalue weighted by molar-refractivity contribution is -0.116. The Morgan fingerprint density at radius 2 is 2.27 bits per heavy atom. The average molecular weight is 192 g/mol. The smallest absolute Gasteiger partial charge is 0.214 e. The van der Waals surface area contributed by atoms with E-state index in [0.29, 0.717) is 0 Å². The minimum absolute atomic E-state index is 0.162. The normalized spacial score (nSPS) is 10.8. The van der Waals surface area contributed by atoms with Crippen molar-refractivity contribution < 1.29 is 9.53 Å². The molecule has 0 radical (unpaired) electrons. The van der Waals surface area contributed by atoms with E-state index in [-0.39, 0.29) is 17.8 Å². The molecule has 0 aromatic heterocycles. The van der Waals surface area contributed by atoms with Gasteiger partial charge in [0.15, 0.2) is 0 Å². The SMILES string of the molecule is CC(C)OCC(=O)SCC[SiH3]. The lowest BCUT2D eigenvalue weighted by Gasteiger charge is -2.04. The van der Waals surface area contributed by atoms with Crippen molar-refractivity contribution in [3.05, 3.63) is 0 Å². The second kappa shape index (κ2) is 6.88. The molecular formula is C7H16O2SSi. The molecule has 0 atom stereocenters. The van der Waals surface area contributed by atoms with Crippen LogP contribution in [-0.2, 0) is 9.53 Å². The molecule has 0 unspecified atom stereocenters. The first-order chi connectivity index (χ1) is 5.16. The van der Waals surface area contributed by atoms with Crippen molar-refractivity contribution in [2.24, 2.45) is 0 Å². The van der Waals surface area contributed by atoms with Crippen LogP contribution in [0.2, 0.25) is 6.04 Å². The van der Waals surface area contributed by atoms with Gasteiger partial charge in [-0.2, -0.15) is 0 Å². The van der Waals surface area contributed by atoms with Crippen molar-refractivity contribution >= 4 is 27.1 Å². The molecular weight excluding hydrogens is 176 g/mol. The van der Waals surface area contributed by atoms with Gasteiger partial charge >= 0.3 is 0 Å². The van der Waals surface area contributed by atoms with Gasteiger partial charge in [0.05, 0.1) is 6.10 Å². The Labute approximate surface area is 75.5 Å². The van der Waals surface area contributed by atoms with E-state index in [9.17, 15) is 4.79 Å². The number of hydrogen-bond acceptors (Lipinski definition) is 3. The van der Waals surface area contributed by atoms with Crippen LogP contribution in [0.25, 0.3) is 0 Å². The molecule has 66 valence electrons. The number of ether oxygens (including phenoxy) is 1. The van der Waals surface area contributed by atoms with Gasteiger partial charge in [-0.1, -0.05) is 17.8 Å². The number of hydrogen-bond donors (Lipinski definition) is 0. The molecule has 0 heterocycles. The van der Waals surface area contributed by atoms with E-state index in [1.165, 1.54) is 28.0 Å². The Balaban J connectivity index is 3.23. The quantitative estimate of drug-likeness (QED) is 0.592. The van der Waals surface area contributed by atoms with Crippen molar-refractivity contribution in [2.45, 2.75) is 26.0 Å². The zero-order valence-corrected chi connectivity index (χ0v) is 10.2. The number of thioether (sulfide) groups is 1. The summed E-state index contributed by atoms with van der Waals surface area (Å²) in [4.78, 5) is 11.0. The molecule has 0 bridgehead atoms. The van der Waals surface area contributed by atoms with Gasteiger partial charge in [0.2, 0.25) is 5.12 Å². The monoisotopic (exact) mass is 192 g/mol. The highest BCUT2D eigenvalue weighted by Gasteiger charge is 2.02. The van der Waals surface area contributed by atoms with Gasteiger partial charge in [0.25, 0.3) is 0 Å². The van der Waals surface area contributed by atoms with Gasteiger partial charge in [-0.3, -0.25) is 4.79 Å². The van der Waals surface area contributed by atoms with Crippen molar-refractivity contribution in [1.82, 2.24) is 0 Å². The predicted octanol–water partition coefficient (Wildman–Crippen LogP) is 0.455. The molecule has 0 rings (SSSR count). The second-order valence-corrected chi connectivity index (χ2v) is 4.73. The summed E-state index contributed by atoms with van der Waals surface area (Å²) in [6.07, 6.45) is 0.163. The number of carbonyl (C=O) groups excluding carboxylic acids is 1. The minimum atomic E-state index is 0.162. The van der Waals surface area contributed by atoms with Gasteiger partial charge in [-0.25, -0.2) is 0 Å². The first kappa shape index (κ1) is 11.2. The van der Waals surface area contributed by atoms with Crippen LogP contribution in [-0.4, -0.2) is 33.8 Å². The van der Waals surface area contributed by atoms with E-state index < -0.39 is 0 Å². The van der Waals surface area contributed by atoms with Gasteiger partial charge in [-0.15, -0.1) is 0 Å². The highest BCUT2D eigenvalue weighted by atomic mass is 32.2. The summed E-state index contributed by atoms with van der Waals surface area (Å²) in [5.74, 6) is 0.965. The van der Waals surface area contributed by atoms with E-state index in [2.05, 4.69) is 0 Å². The average Bonchev–Trinajstić information content (AvgIpc) is 1.97. The summed E-state index contributed by atoms with van der Waals surface area (Å²) in [5, 5.41) is 0.162. The summed E-state index contributed by atoms with van der Waals surface area (Å²) in [6, 6.07) is 1.18. The van der Waals surface area contributed by atoms with Gasteiger partial charge < -0.3 is 4.74 Å². The van der Waals surface area contributed by atoms with Crippen molar-refractivity contribution in [3.63, 3.8) is 0 Å². The van der Waals surface area contributed by atoms with E-state index >= 15 is 0 Å². The third-order valence-electron chi connectivity index (χ3n) is 1.00. The molecule has 0 saturated heterocycles. The first-order valence-corrected chi connectivity index (χ1v) is 6.34. The molecule has 2 nitrogen and oxygen atoms in total. The number of carbonyl (C=O) groups is 1. The van der Waals surface area contributed by atoms with E-state index in [1.54, 1.807) is 0 Å². The standard InChI is InChI=1S/C7H16O2SSi/c1-6(2)9-5-7(8)10-3-4-11/h6H,3-5H2,1-2,11H3. The molecule has 0 aliphatic rings. The van der Waals surface area contributed by atoms with E-state index in [1.807, 2.05) is 13.8 Å². The first-order valence-electron chi connectivity index (χ1n) is 3.94. The second-order valence-electron chi connectivity index (χ2n) is 2.58. The third kappa shape index (κ3) is 8.10.